The van der Waals surface area contributed by atoms with Crippen LogP contribution in [0.5, 0.6) is 0 Å². The maximum atomic E-state index is 3.75. The van der Waals surface area contributed by atoms with E-state index >= 15 is 0 Å². The highest BCUT2D eigenvalue weighted by Crippen LogP contribution is 2.27. The van der Waals surface area contributed by atoms with Gasteiger partial charge in [-0.25, -0.2) is 0 Å². The fourth-order valence-electron chi connectivity index (χ4n) is 2.86. The molecule has 1 nitrogen and oxygen atoms in total. The van der Waals surface area contributed by atoms with Crippen LogP contribution in [0.15, 0.2) is 28.7 Å². The van der Waals surface area contributed by atoms with Crippen LogP contribution in [-0.2, 0) is 6.54 Å². The van der Waals surface area contributed by atoms with Crippen LogP contribution in [0, 0.1) is 5.92 Å². The van der Waals surface area contributed by atoms with Gasteiger partial charge in [-0.1, -0.05) is 54.2 Å². The Balaban J connectivity index is 1.88. The Morgan fingerprint density at radius 2 is 2.12 bits per heavy atom. The van der Waals surface area contributed by atoms with Gasteiger partial charge in [0, 0.05) is 17.1 Å². The van der Waals surface area contributed by atoms with Crippen LogP contribution >= 0.6 is 15.9 Å². The van der Waals surface area contributed by atoms with Gasteiger partial charge in [-0.05, 0) is 36.5 Å². The first-order valence-corrected chi connectivity index (χ1v) is 7.56. The highest BCUT2D eigenvalue weighted by atomic mass is 79.9. The van der Waals surface area contributed by atoms with Crippen molar-refractivity contribution < 1.29 is 0 Å². The first-order valence-electron chi connectivity index (χ1n) is 6.77. The molecule has 1 aromatic rings. The molecule has 1 aromatic carbocycles. The molecule has 1 fully saturated rings. The fourth-order valence-corrected chi connectivity index (χ4v) is 3.31. The molecule has 0 heterocycles. The monoisotopic (exact) mass is 295 g/mol. The summed E-state index contributed by atoms with van der Waals surface area (Å²) in [5.41, 5.74) is 1.37. The van der Waals surface area contributed by atoms with Gasteiger partial charge in [0.15, 0.2) is 0 Å². The third-order valence-corrected chi connectivity index (χ3v) is 4.38. The summed E-state index contributed by atoms with van der Waals surface area (Å²) in [4.78, 5) is 0. The smallest absolute Gasteiger partial charge is 0.0208 e. The normalized spacial score (nSPS) is 24.8. The molecule has 1 saturated carbocycles. The van der Waals surface area contributed by atoms with Crippen molar-refractivity contribution in [3.8, 4) is 0 Å². The van der Waals surface area contributed by atoms with E-state index < -0.39 is 0 Å². The zero-order chi connectivity index (χ0) is 12.1. The van der Waals surface area contributed by atoms with E-state index in [1.54, 1.807) is 0 Å². The van der Waals surface area contributed by atoms with Gasteiger partial charge in [0.05, 0.1) is 0 Å². The Morgan fingerprint density at radius 1 is 1.29 bits per heavy atom. The van der Waals surface area contributed by atoms with Gasteiger partial charge in [0.2, 0.25) is 0 Å². The number of hydrogen-bond acceptors (Lipinski definition) is 1. The van der Waals surface area contributed by atoms with Crippen LogP contribution in [0.1, 0.15) is 44.6 Å². The van der Waals surface area contributed by atoms with Crippen LogP contribution in [0.4, 0.5) is 0 Å². The average molecular weight is 296 g/mol. The van der Waals surface area contributed by atoms with Gasteiger partial charge in [0.1, 0.15) is 0 Å². The average Bonchev–Trinajstić information content (AvgIpc) is 2.37. The summed E-state index contributed by atoms with van der Waals surface area (Å²) in [6.07, 6.45) is 6.90. The van der Waals surface area contributed by atoms with Crippen LogP contribution in [0.2, 0.25) is 0 Å². The topological polar surface area (TPSA) is 12.0 Å². The predicted octanol–water partition coefficient (Wildman–Crippen LogP) is 4.51. The lowest BCUT2D eigenvalue weighted by Gasteiger charge is -2.31. The van der Waals surface area contributed by atoms with Gasteiger partial charge < -0.3 is 5.32 Å². The van der Waals surface area contributed by atoms with Gasteiger partial charge in [-0.3, -0.25) is 0 Å². The molecule has 0 radical (unpaired) electrons. The van der Waals surface area contributed by atoms with Crippen LogP contribution in [0.25, 0.3) is 0 Å². The van der Waals surface area contributed by atoms with E-state index in [4.69, 9.17) is 0 Å². The first kappa shape index (κ1) is 13.1. The summed E-state index contributed by atoms with van der Waals surface area (Å²) in [5.74, 6) is 0.885. The van der Waals surface area contributed by atoms with Crippen molar-refractivity contribution in [2.45, 2.75) is 51.6 Å². The quantitative estimate of drug-likeness (QED) is 0.862. The molecule has 0 bridgehead atoms. The summed E-state index contributed by atoms with van der Waals surface area (Å²) in [7, 11) is 0. The van der Waals surface area contributed by atoms with Crippen molar-refractivity contribution in [1.82, 2.24) is 5.32 Å². The summed E-state index contributed by atoms with van der Waals surface area (Å²) in [5, 5.41) is 3.75. The standard InChI is InChI=1S/C15H22BrN/c1-2-13-7-3-4-9-15(13)17-11-12-6-5-8-14(16)10-12/h5-6,8,10,13,15,17H,2-4,7,9,11H2,1H3. The Morgan fingerprint density at radius 3 is 2.88 bits per heavy atom. The minimum Gasteiger partial charge on any atom is -0.310 e. The molecular formula is C15H22BrN. The van der Waals surface area contributed by atoms with Crippen molar-refractivity contribution >= 4 is 15.9 Å². The summed E-state index contributed by atoms with van der Waals surface area (Å²) in [6.45, 7) is 3.32. The molecule has 0 saturated heterocycles. The number of benzene rings is 1. The second-order valence-corrected chi connectivity index (χ2v) is 5.99. The Labute approximate surface area is 113 Å². The molecule has 2 rings (SSSR count). The summed E-state index contributed by atoms with van der Waals surface area (Å²) in [6, 6.07) is 9.32. The van der Waals surface area contributed by atoms with E-state index in [0.717, 1.165) is 18.5 Å². The van der Waals surface area contributed by atoms with Crippen LogP contribution in [0.3, 0.4) is 0 Å². The molecule has 2 heteroatoms. The lowest BCUT2D eigenvalue weighted by molar-refractivity contribution is 0.254. The molecule has 0 amide bonds. The lowest BCUT2D eigenvalue weighted by atomic mass is 9.83. The molecule has 1 aliphatic rings. The fraction of sp³-hybridized carbons (Fsp3) is 0.600. The largest absolute Gasteiger partial charge is 0.310 e. The zero-order valence-electron chi connectivity index (χ0n) is 10.6. The van der Waals surface area contributed by atoms with Gasteiger partial charge in [-0.15, -0.1) is 0 Å². The van der Waals surface area contributed by atoms with Crippen molar-refractivity contribution in [1.29, 1.82) is 0 Å². The van der Waals surface area contributed by atoms with Crippen molar-refractivity contribution in [3.63, 3.8) is 0 Å². The molecule has 0 spiro atoms. The van der Waals surface area contributed by atoms with E-state index in [9.17, 15) is 0 Å². The minimum atomic E-state index is 0.729. The molecule has 2 unspecified atom stereocenters. The first-order chi connectivity index (χ1) is 8.29. The molecule has 94 valence electrons. The van der Waals surface area contributed by atoms with Crippen molar-refractivity contribution in [2.24, 2.45) is 5.92 Å². The van der Waals surface area contributed by atoms with E-state index in [1.807, 2.05) is 0 Å². The molecule has 17 heavy (non-hydrogen) atoms. The molecule has 0 aliphatic heterocycles. The minimum absolute atomic E-state index is 0.729. The number of rotatable bonds is 4. The van der Waals surface area contributed by atoms with E-state index in [2.05, 4.69) is 52.4 Å². The highest BCUT2D eigenvalue weighted by molar-refractivity contribution is 9.10. The summed E-state index contributed by atoms with van der Waals surface area (Å²) >= 11 is 3.53. The Kier molecular flexibility index (Phi) is 5.05. The highest BCUT2D eigenvalue weighted by Gasteiger charge is 2.22. The maximum Gasteiger partial charge on any atom is 0.0208 e. The van der Waals surface area contributed by atoms with E-state index in [0.29, 0.717) is 0 Å². The van der Waals surface area contributed by atoms with Crippen LogP contribution in [-0.4, -0.2) is 6.04 Å². The third kappa shape index (κ3) is 3.82. The SMILES string of the molecule is CCC1CCCCC1NCc1cccc(Br)c1. The van der Waals surface area contributed by atoms with E-state index in [1.165, 1.54) is 42.1 Å². The van der Waals surface area contributed by atoms with Gasteiger partial charge in [0.25, 0.3) is 0 Å². The van der Waals surface area contributed by atoms with Crippen molar-refractivity contribution in [2.75, 3.05) is 0 Å². The Bertz CT molecular complexity index is 351. The number of halogens is 1. The summed E-state index contributed by atoms with van der Waals surface area (Å²) < 4.78 is 1.17. The third-order valence-electron chi connectivity index (χ3n) is 3.89. The van der Waals surface area contributed by atoms with Gasteiger partial charge >= 0.3 is 0 Å². The zero-order valence-corrected chi connectivity index (χ0v) is 12.2. The molecule has 1 N–H and O–H groups in total. The molecular weight excluding hydrogens is 274 g/mol. The van der Waals surface area contributed by atoms with E-state index in [-0.39, 0.29) is 0 Å². The second-order valence-electron chi connectivity index (χ2n) is 5.07. The second kappa shape index (κ2) is 6.55. The Hall–Kier alpha value is -0.340. The molecule has 2 atom stereocenters. The number of hydrogen-bond donors (Lipinski definition) is 1. The molecule has 1 aliphatic carbocycles. The predicted molar refractivity (Wildman–Crippen MR) is 77.0 cm³/mol. The molecule has 0 aromatic heterocycles. The maximum absolute atomic E-state index is 3.75. The lowest BCUT2D eigenvalue weighted by Crippen LogP contribution is -2.37. The number of nitrogens with one attached hydrogen (secondary N) is 1. The van der Waals surface area contributed by atoms with Crippen molar-refractivity contribution in [3.05, 3.63) is 34.3 Å². The van der Waals surface area contributed by atoms with Gasteiger partial charge in [-0.2, -0.15) is 0 Å². The van der Waals surface area contributed by atoms with Crippen LogP contribution < -0.4 is 5.32 Å².